The normalized spacial score (nSPS) is 12.1. The van der Waals surface area contributed by atoms with Crippen LogP contribution in [0.3, 0.4) is 0 Å². The minimum absolute atomic E-state index is 0.200. The summed E-state index contributed by atoms with van der Waals surface area (Å²) in [4.78, 5) is 24.8. The molecule has 144 valence electrons. The highest BCUT2D eigenvalue weighted by Crippen LogP contribution is 2.22. The zero-order valence-electron chi connectivity index (χ0n) is 15.4. The summed E-state index contributed by atoms with van der Waals surface area (Å²) in [6, 6.07) is 13.7. The van der Waals surface area contributed by atoms with E-state index in [1.165, 1.54) is 13.0 Å². The second-order valence-corrected chi connectivity index (χ2v) is 7.69. The molecule has 0 unspecified atom stereocenters. The Hall–Kier alpha value is -2.87. The summed E-state index contributed by atoms with van der Waals surface area (Å²) in [6.45, 7) is 3.37. The van der Waals surface area contributed by atoms with Gasteiger partial charge in [0, 0.05) is 0 Å². The van der Waals surface area contributed by atoms with Crippen molar-refractivity contribution in [3.63, 3.8) is 0 Å². The van der Waals surface area contributed by atoms with Crippen molar-refractivity contribution >= 4 is 33.3 Å². The number of hydrogen-bond acceptors (Lipinski definition) is 5. The van der Waals surface area contributed by atoms with Crippen LogP contribution in [0.5, 0.6) is 0 Å². The van der Waals surface area contributed by atoms with Crippen molar-refractivity contribution in [2.75, 3.05) is 22.5 Å². The standard InChI is InChI=1S/C19H22N2O5S/c1-4-26-19(23)16-12-8-9-13-17(16)20-18(22)14(2)21(27(3,24)25)15-10-6-5-7-11-15/h5-14H,4H2,1-3H3,(H,20,22)/t14-/m1/s1. The Morgan fingerprint density at radius 2 is 1.67 bits per heavy atom. The van der Waals surface area contributed by atoms with Crippen LogP contribution in [0.15, 0.2) is 54.6 Å². The quantitative estimate of drug-likeness (QED) is 0.734. The van der Waals surface area contributed by atoms with Gasteiger partial charge in [0.1, 0.15) is 6.04 Å². The minimum Gasteiger partial charge on any atom is -0.462 e. The largest absolute Gasteiger partial charge is 0.462 e. The van der Waals surface area contributed by atoms with E-state index in [4.69, 9.17) is 4.74 Å². The number of sulfonamides is 1. The fourth-order valence-electron chi connectivity index (χ4n) is 2.60. The first-order valence-electron chi connectivity index (χ1n) is 8.37. The van der Waals surface area contributed by atoms with Gasteiger partial charge in [-0.25, -0.2) is 13.2 Å². The first kappa shape index (κ1) is 20.4. The van der Waals surface area contributed by atoms with E-state index >= 15 is 0 Å². The second-order valence-electron chi connectivity index (χ2n) is 5.83. The van der Waals surface area contributed by atoms with Gasteiger partial charge < -0.3 is 10.1 Å². The van der Waals surface area contributed by atoms with Crippen LogP contribution in [-0.2, 0) is 19.6 Å². The molecule has 0 bridgehead atoms. The van der Waals surface area contributed by atoms with Crippen LogP contribution in [0.2, 0.25) is 0 Å². The predicted molar refractivity (Wildman–Crippen MR) is 104 cm³/mol. The smallest absolute Gasteiger partial charge is 0.340 e. The van der Waals surface area contributed by atoms with Crippen LogP contribution < -0.4 is 9.62 Å². The van der Waals surface area contributed by atoms with Crippen LogP contribution >= 0.6 is 0 Å². The molecule has 1 N–H and O–H groups in total. The molecule has 1 amide bonds. The van der Waals surface area contributed by atoms with E-state index in [0.717, 1.165) is 10.6 Å². The summed E-state index contributed by atoms with van der Waals surface area (Å²) in [5, 5.41) is 2.63. The maximum atomic E-state index is 12.7. The van der Waals surface area contributed by atoms with Crippen molar-refractivity contribution in [2.24, 2.45) is 0 Å². The van der Waals surface area contributed by atoms with Crippen LogP contribution in [0.25, 0.3) is 0 Å². The van der Waals surface area contributed by atoms with E-state index in [-0.39, 0.29) is 17.9 Å². The summed E-state index contributed by atoms with van der Waals surface area (Å²) in [5.74, 6) is -1.13. The van der Waals surface area contributed by atoms with Gasteiger partial charge in [0.05, 0.1) is 29.8 Å². The molecule has 27 heavy (non-hydrogen) atoms. The maximum Gasteiger partial charge on any atom is 0.340 e. The van der Waals surface area contributed by atoms with E-state index in [1.807, 2.05) is 0 Å². The monoisotopic (exact) mass is 390 g/mol. The molecule has 0 aliphatic heterocycles. The summed E-state index contributed by atoms with van der Waals surface area (Å²) >= 11 is 0. The van der Waals surface area contributed by atoms with E-state index in [2.05, 4.69) is 5.32 Å². The van der Waals surface area contributed by atoms with Gasteiger partial charge in [-0.3, -0.25) is 9.10 Å². The van der Waals surface area contributed by atoms with Crippen LogP contribution in [-0.4, -0.2) is 39.2 Å². The molecular formula is C19H22N2O5S. The first-order chi connectivity index (χ1) is 12.8. The van der Waals surface area contributed by atoms with Crippen LogP contribution in [0.1, 0.15) is 24.2 Å². The molecular weight excluding hydrogens is 368 g/mol. The number of amides is 1. The first-order valence-corrected chi connectivity index (χ1v) is 10.2. The number of anilines is 2. The lowest BCUT2D eigenvalue weighted by atomic mass is 10.1. The summed E-state index contributed by atoms with van der Waals surface area (Å²) in [5.41, 5.74) is 0.834. The third kappa shape index (κ3) is 5.07. The Morgan fingerprint density at radius 3 is 2.26 bits per heavy atom. The van der Waals surface area contributed by atoms with E-state index in [0.29, 0.717) is 5.69 Å². The summed E-state index contributed by atoms with van der Waals surface area (Å²) in [6.07, 6.45) is 1.04. The number of nitrogens with zero attached hydrogens (tertiary/aromatic N) is 1. The fourth-order valence-corrected chi connectivity index (χ4v) is 3.77. The third-order valence-electron chi connectivity index (χ3n) is 3.78. The maximum absolute atomic E-state index is 12.7. The molecule has 0 aliphatic carbocycles. The number of rotatable bonds is 7. The Kier molecular flexibility index (Phi) is 6.57. The predicted octanol–water partition coefficient (Wildman–Crippen LogP) is 2.66. The molecule has 0 saturated carbocycles. The lowest BCUT2D eigenvalue weighted by molar-refractivity contribution is -0.116. The lowest BCUT2D eigenvalue weighted by Gasteiger charge is -2.28. The average Bonchev–Trinajstić information content (AvgIpc) is 2.62. The molecule has 0 fully saturated rings. The molecule has 2 rings (SSSR count). The number of ether oxygens (including phenoxy) is 1. The van der Waals surface area contributed by atoms with Gasteiger partial charge in [-0.05, 0) is 38.1 Å². The molecule has 7 nitrogen and oxygen atoms in total. The van der Waals surface area contributed by atoms with Gasteiger partial charge in [-0.15, -0.1) is 0 Å². The highest BCUT2D eigenvalue weighted by atomic mass is 32.2. The Bertz CT molecular complexity index is 913. The van der Waals surface area contributed by atoms with E-state index in [1.54, 1.807) is 55.5 Å². The molecule has 0 radical (unpaired) electrons. The molecule has 0 spiro atoms. The Labute approximate surface area is 159 Å². The molecule has 0 aromatic heterocycles. The third-order valence-corrected chi connectivity index (χ3v) is 5.02. The zero-order valence-corrected chi connectivity index (χ0v) is 16.2. The number of nitrogens with one attached hydrogen (secondary N) is 1. The molecule has 2 aromatic carbocycles. The van der Waals surface area contributed by atoms with Crippen molar-refractivity contribution in [1.82, 2.24) is 0 Å². The minimum atomic E-state index is -3.71. The second kappa shape index (κ2) is 8.68. The molecule has 2 aromatic rings. The number of benzene rings is 2. The number of carbonyl (C=O) groups excluding carboxylic acids is 2. The van der Waals surface area contributed by atoms with Crippen molar-refractivity contribution in [3.05, 3.63) is 60.2 Å². The molecule has 8 heteroatoms. The van der Waals surface area contributed by atoms with Gasteiger partial charge >= 0.3 is 5.97 Å². The number of esters is 1. The van der Waals surface area contributed by atoms with Gasteiger partial charge in [-0.2, -0.15) is 0 Å². The molecule has 0 saturated heterocycles. The van der Waals surface area contributed by atoms with Crippen molar-refractivity contribution in [3.8, 4) is 0 Å². The summed E-state index contributed by atoms with van der Waals surface area (Å²) in [7, 11) is -3.71. The molecule has 1 atom stereocenters. The lowest BCUT2D eigenvalue weighted by Crippen LogP contribution is -2.45. The topological polar surface area (TPSA) is 92.8 Å². The van der Waals surface area contributed by atoms with Gasteiger partial charge in [0.15, 0.2) is 0 Å². The molecule has 0 aliphatic rings. The van der Waals surface area contributed by atoms with Crippen molar-refractivity contribution < 1.29 is 22.7 Å². The zero-order chi connectivity index (χ0) is 20.0. The number of hydrogen-bond donors (Lipinski definition) is 1. The highest BCUT2D eigenvalue weighted by Gasteiger charge is 2.29. The van der Waals surface area contributed by atoms with Crippen molar-refractivity contribution in [2.45, 2.75) is 19.9 Å². The number of para-hydroxylation sites is 2. The average molecular weight is 390 g/mol. The van der Waals surface area contributed by atoms with Gasteiger partial charge in [-0.1, -0.05) is 30.3 Å². The fraction of sp³-hybridized carbons (Fsp3) is 0.263. The highest BCUT2D eigenvalue weighted by molar-refractivity contribution is 7.92. The van der Waals surface area contributed by atoms with Crippen molar-refractivity contribution in [1.29, 1.82) is 0 Å². The van der Waals surface area contributed by atoms with Crippen LogP contribution in [0, 0.1) is 0 Å². The molecule has 0 heterocycles. The number of carbonyl (C=O) groups is 2. The van der Waals surface area contributed by atoms with Crippen LogP contribution in [0.4, 0.5) is 11.4 Å². The Balaban J connectivity index is 2.31. The SMILES string of the molecule is CCOC(=O)c1ccccc1NC(=O)[C@@H](C)N(c1ccccc1)S(C)(=O)=O. The summed E-state index contributed by atoms with van der Waals surface area (Å²) < 4.78 is 30.5. The van der Waals surface area contributed by atoms with E-state index in [9.17, 15) is 18.0 Å². The Morgan fingerprint density at radius 1 is 1.07 bits per heavy atom. The van der Waals surface area contributed by atoms with Gasteiger partial charge in [0.25, 0.3) is 0 Å². The van der Waals surface area contributed by atoms with Gasteiger partial charge in [0.2, 0.25) is 15.9 Å². The van der Waals surface area contributed by atoms with E-state index < -0.39 is 27.9 Å².